The first-order valence-electron chi connectivity index (χ1n) is 6.28. The highest BCUT2D eigenvalue weighted by Gasteiger charge is 2.30. The predicted molar refractivity (Wildman–Crippen MR) is 70.3 cm³/mol. The van der Waals surface area contributed by atoms with E-state index in [4.69, 9.17) is 11.6 Å². The third-order valence-corrected chi connectivity index (χ3v) is 5.46. The van der Waals surface area contributed by atoms with Crippen LogP contribution in [0.25, 0.3) is 0 Å². The molecule has 3 unspecified atom stereocenters. The minimum absolute atomic E-state index is 0.573. The van der Waals surface area contributed by atoms with E-state index in [0.717, 1.165) is 16.3 Å². The van der Waals surface area contributed by atoms with Gasteiger partial charge in [0.1, 0.15) is 0 Å². The third kappa shape index (κ3) is 1.92. The van der Waals surface area contributed by atoms with E-state index in [-0.39, 0.29) is 0 Å². The number of hydrogen-bond donors (Lipinski definition) is 1. The standard InChI is InChI=1S/C13H18ClNS/c1-8-3-2-4-10(8)15-11-5-6-12-9(11)7-13(14)16-12/h7-8,10-11,15H,2-6H2,1H3. The number of fused-ring (bicyclic) bond motifs is 1. The van der Waals surface area contributed by atoms with Crippen molar-refractivity contribution in [2.24, 2.45) is 5.92 Å². The minimum Gasteiger partial charge on any atom is -0.307 e. The average molecular weight is 256 g/mol. The second-order valence-electron chi connectivity index (χ2n) is 5.20. The Kier molecular flexibility index (Phi) is 2.99. The molecule has 0 bridgehead atoms. The second kappa shape index (κ2) is 4.32. The summed E-state index contributed by atoms with van der Waals surface area (Å²) in [4.78, 5) is 1.51. The summed E-state index contributed by atoms with van der Waals surface area (Å²) < 4.78 is 0.955. The van der Waals surface area contributed by atoms with E-state index in [1.54, 1.807) is 11.3 Å². The molecule has 1 heterocycles. The Morgan fingerprint density at radius 3 is 3.00 bits per heavy atom. The molecule has 1 aromatic rings. The quantitative estimate of drug-likeness (QED) is 0.837. The topological polar surface area (TPSA) is 12.0 Å². The largest absolute Gasteiger partial charge is 0.307 e. The first-order valence-corrected chi connectivity index (χ1v) is 7.47. The van der Waals surface area contributed by atoms with Crippen molar-refractivity contribution in [1.29, 1.82) is 0 Å². The fraction of sp³-hybridized carbons (Fsp3) is 0.692. The third-order valence-electron chi connectivity index (χ3n) is 4.12. The van der Waals surface area contributed by atoms with E-state index in [9.17, 15) is 0 Å². The molecule has 1 N–H and O–H groups in total. The van der Waals surface area contributed by atoms with Crippen molar-refractivity contribution in [3.8, 4) is 0 Å². The van der Waals surface area contributed by atoms with Crippen LogP contribution in [0.4, 0.5) is 0 Å². The van der Waals surface area contributed by atoms with Crippen LogP contribution in [-0.2, 0) is 6.42 Å². The number of hydrogen-bond acceptors (Lipinski definition) is 2. The molecule has 1 saturated carbocycles. The first-order chi connectivity index (χ1) is 7.74. The molecule has 88 valence electrons. The molecule has 16 heavy (non-hydrogen) atoms. The van der Waals surface area contributed by atoms with Gasteiger partial charge in [-0.25, -0.2) is 0 Å². The lowest BCUT2D eigenvalue weighted by Crippen LogP contribution is -2.33. The summed E-state index contributed by atoms with van der Waals surface area (Å²) in [5.74, 6) is 0.846. The molecule has 0 saturated heterocycles. The molecule has 3 atom stereocenters. The molecule has 1 aromatic heterocycles. The van der Waals surface area contributed by atoms with Gasteiger partial charge in [0.15, 0.2) is 0 Å². The first kappa shape index (κ1) is 11.1. The molecule has 0 amide bonds. The minimum atomic E-state index is 0.573. The van der Waals surface area contributed by atoms with Gasteiger partial charge in [-0.3, -0.25) is 0 Å². The summed E-state index contributed by atoms with van der Waals surface area (Å²) >= 11 is 7.84. The van der Waals surface area contributed by atoms with E-state index >= 15 is 0 Å². The van der Waals surface area contributed by atoms with Gasteiger partial charge in [0.05, 0.1) is 4.34 Å². The van der Waals surface area contributed by atoms with Crippen molar-refractivity contribution in [3.05, 3.63) is 20.8 Å². The van der Waals surface area contributed by atoms with Gasteiger partial charge in [0.2, 0.25) is 0 Å². The van der Waals surface area contributed by atoms with Crippen LogP contribution in [0.2, 0.25) is 4.34 Å². The van der Waals surface area contributed by atoms with Gasteiger partial charge in [0, 0.05) is 17.0 Å². The lowest BCUT2D eigenvalue weighted by Gasteiger charge is -2.22. The fourth-order valence-electron chi connectivity index (χ4n) is 3.15. The van der Waals surface area contributed by atoms with Crippen LogP contribution in [0.5, 0.6) is 0 Å². The summed E-state index contributed by atoms with van der Waals surface area (Å²) in [5, 5.41) is 3.85. The molecular formula is C13H18ClNS. The van der Waals surface area contributed by atoms with Gasteiger partial charge in [-0.1, -0.05) is 24.9 Å². The Hall–Kier alpha value is -0.0500. The zero-order valence-corrected chi connectivity index (χ0v) is 11.2. The molecule has 1 nitrogen and oxygen atoms in total. The Labute approximate surface area is 106 Å². The van der Waals surface area contributed by atoms with E-state index in [2.05, 4.69) is 18.3 Å². The van der Waals surface area contributed by atoms with Gasteiger partial charge in [-0.2, -0.15) is 0 Å². The van der Waals surface area contributed by atoms with Crippen LogP contribution in [0.1, 0.15) is 49.1 Å². The number of rotatable bonds is 2. The smallest absolute Gasteiger partial charge is 0.0934 e. The Balaban J connectivity index is 1.72. The Morgan fingerprint density at radius 1 is 1.38 bits per heavy atom. The van der Waals surface area contributed by atoms with Crippen molar-refractivity contribution in [1.82, 2.24) is 5.32 Å². The van der Waals surface area contributed by atoms with Gasteiger partial charge in [0.25, 0.3) is 0 Å². The average Bonchev–Trinajstić information content (AvgIpc) is 2.87. The van der Waals surface area contributed by atoms with E-state index < -0.39 is 0 Å². The predicted octanol–water partition coefficient (Wildman–Crippen LogP) is 4.17. The molecule has 1 fully saturated rings. The molecule has 0 aromatic carbocycles. The van der Waals surface area contributed by atoms with Crippen molar-refractivity contribution in [2.75, 3.05) is 0 Å². The van der Waals surface area contributed by atoms with E-state index in [0.29, 0.717) is 6.04 Å². The van der Waals surface area contributed by atoms with E-state index in [1.165, 1.54) is 42.5 Å². The van der Waals surface area contributed by atoms with Crippen LogP contribution in [0.15, 0.2) is 6.07 Å². The molecule has 0 aliphatic heterocycles. The van der Waals surface area contributed by atoms with E-state index in [1.807, 2.05) is 0 Å². The SMILES string of the molecule is CC1CCCC1NC1CCc2sc(Cl)cc21. The van der Waals surface area contributed by atoms with Crippen LogP contribution in [0.3, 0.4) is 0 Å². The maximum atomic E-state index is 6.08. The number of halogens is 1. The highest BCUT2D eigenvalue weighted by Crippen LogP contribution is 2.40. The number of nitrogens with one attached hydrogen (secondary N) is 1. The zero-order chi connectivity index (χ0) is 11.1. The number of aryl methyl sites for hydroxylation is 1. The molecule has 2 aliphatic rings. The summed E-state index contributed by atoms with van der Waals surface area (Å²) in [7, 11) is 0. The summed E-state index contributed by atoms with van der Waals surface area (Å²) in [6.45, 7) is 2.38. The molecule has 0 radical (unpaired) electrons. The van der Waals surface area contributed by atoms with Crippen molar-refractivity contribution in [2.45, 2.75) is 51.1 Å². The van der Waals surface area contributed by atoms with Crippen LogP contribution in [0, 0.1) is 5.92 Å². The number of thiophene rings is 1. The summed E-state index contributed by atoms with van der Waals surface area (Å²) in [5.41, 5.74) is 1.48. The summed E-state index contributed by atoms with van der Waals surface area (Å²) in [6.07, 6.45) is 6.61. The van der Waals surface area contributed by atoms with Crippen LogP contribution < -0.4 is 5.32 Å². The molecule has 0 spiro atoms. The fourth-order valence-corrected chi connectivity index (χ4v) is 4.51. The molecular weight excluding hydrogens is 238 g/mol. The van der Waals surface area contributed by atoms with Crippen molar-refractivity contribution < 1.29 is 0 Å². The molecule has 3 rings (SSSR count). The van der Waals surface area contributed by atoms with Gasteiger partial charge < -0.3 is 5.32 Å². The van der Waals surface area contributed by atoms with Crippen LogP contribution >= 0.6 is 22.9 Å². The highest BCUT2D eigenvalue weighted by molar-refractivity contribution is 7.16. The Bertz CT molecular complexity index is 387. The van der Waals surface area contributed by atoms with Crippen molar-refractivity contribution >= 4 is 22.9 Å². The normalized spacial score (nSPS) is 33.2. The van der Waals surface area contributed by atoms with Gasteiger partial charge in [-0.15, -0.1) is 11.3 Å². The zero-order valence-electron chi connectivity index (χ0n) is 9.63. The monoisotopic (exact) mass is 255 g/mol. The van der Waals surface area contributed by atoms with Gasteiger partial charge in [-0.05, 0) is 43.2 Å². The maximum absolute atomic E-state index is 6.08. The van der Waals surface area contributed by atoms with Gasteiger partial charge >= 0.3 is 0 Å². The molecule has 3 heteroatoms. The van der Waals surface area contributed by atoms with Crippen molar-refractivity contribution in [3.63, 3.8) is 0 Å². The Morgan fingerprint density at radius 2 is 2.25 bits per heavy atom. The highest BCUT2D eigenvalue weighted by atomic mass is 35.5. The second-order valence-corrected chi connectivity index (χ2v) is 6.97. The summed E-state index contributed by atoms with van der Waals surface area (Å²) in [6, 6.07) is 3.48. The molecule has 2 aliphatic carbocycles. The maximum Gasteiger partial charge on any atom is 0.0934 e. The van der Waals surface area contributed by atoms with Crippen LogP contribution in [-0.4, -0.2) is 6.04 Å². The lowest BCUT2D eigenvalue weighted by molar-refractivity contribution is 0.374. The lowest BCUT2D eigenvalue weighted by atomic mass is 10.0.